The topological polar surface area (TPSA) is 61.7 Å². The maximum absolute atomic E-state index is 10.6. The van der Waals surface area contributed by atoms with Gasteiger partial charge in [-0.2, -0.15) is 13.2 Å². The van der Waals surface area contributed by atoms with E-state index in [1.165, 1.54) is 33.4 Å². The molecule has 1 aliphatic heterocycles. The van der Waals surface area contributed by atoms with Crippen molar-refractivity contribution < 1.29 is 23.1 Å². The maximum atomic E-state index is 10.6. The number of hydrogen-bond donors (Lipinski definition) is 2. The van der Waals surface area contributed by atoms with Crippen LogP contribution >= 0.6 is 0 Å². The summed E-state index contributed by atoms with van der Waals surface area (Å²) in [5, 5.41) is 10.9. The van der Waals surface area contributed by atoms with Crippen molar-refractivity contribution in [2.45, 2.75) is 38.0 Å². The fourth-order valence-corrected chi connectivity index (χ4v) is 4.23. The standard InChI is InChI=1S/C26H24N2.C2HF3O2/c1-2-7-24-17-25(16-23(24)6-1)28-18-19-5-3-8-22(15-19)20-10-12-21(13-11-20)26-9-4-14-27-26;3-2(4,5)1(6)7/h1-8,10-15,25,28H,9,16-18H2;(H,6,7). The van der Waals surface area contributed by atoms with Crippen molar-refractivity contribution in [1.82, 2.24) is 5.32 Å². The SMILES string of the molecule is C1=CN=C(c2ccc(-c3cccc(CNC4Cc5ccccc5C4)c3)cc2)C1.O=C(O)C(F)(F)F. The summed E-state index contributed by atoms with van der Waals surface area (Å²) in [6, 6.07) is 27.0. The van der Waals surface area contributed by atoms with Crippen LogP contribution in [0.5, 0.6) is 0 Å². The molecule has 3 aromatic rings. The number of carbonyl (C=O) groups is 1. The Hall–Kier alpha value is -3.71. The molecule has 0 saturated carbocycles. The van der Waals surface area contributed by atoms with Gasteiger partial charge in [0.25, 0.3) is 0 Å². The molecular formula is C28H25F3N2O2. The van der Waals surface area contributed by atoms with E-state index in [2.05, 4.69) is 89.2 Å². The molecule has 2 aliphatic rings. The number of fused-ring (bicyclic) bond motifs is 1. The third-order valence-corrected chi connectivity index (χ3v) is 6.01. The van der Waals surface area contributed by atoms with Crippen molar-refractivity contribution in [3.8, 4) is 11.1 Å². The first-order chi connectivity index (χ1) is 16.8. The zero-order valence-electron chi connectivity index (χ0n) is 18.9. The quantitative estimate of drug-likeness (QED) is 0.476. The first kappa shape index (κ1) is 24.4. The molecule has 7 heteroatoms. The van der Waals surface area contributed by atoms with Gasteiger partial charge in [0.05, 0.1) is 5.71 Å². The van der Waals surface area contributed by atoms with Crippen molar-refractivity contribution in [2.24, 2.45) is 4.99 Å². The average Bonchev–Trinajstić information content (AvgIpc) is 3.53. The fourth-order valence-electron chi connectivity index (χ4n) is 4.23. The highest BCUT2D eigenvalue weighted by molar-refractivity contribution is 6.03. The number of carboxylic acids is 1. The summed E-state index contributed by atoms with van der Waals surface area (Å²) in [4.78, 5) is 13.3. The fraction of sp³-hybridized carbons (Fsp3) is 0.214. The number of benzene rings is 3. The van der Waals surface area contributed by atoms with Crippen LogP contribution < -0.4 is 5.32 Å². The predicted octanol–water partition coefficient (Wildman–Crippen LogP) is 5.95. The van der Waals surface area contributed by atoms with Crippen molar-refractivity contribution in [1.29, 1.82) is 0 Å². The zero-order valence-corrected chi connectivity index (χ0v) is 18.9. The minimum absolute atomic E-state index is 0.543. The maximum Gasteiger partial charge on any atom is 0.490 e. The number of nitrogens with zero attached hydrogens (tertiary/aromatic N) is 1. The summed E-state index contributed by atoms with van der Waals surface area (Å²) in [6.07, 6.45) is 2.11. The summed E-state index contributed by atoms with van der Waals surface area (Å²) >= 11 is 0. The number of hydrogen-bond acceptors (Lipinski definition) is 3. The van der Waals surface area contributed by atoms with Gasteiger partial charge in [-0.15, -0.1) is 0 Å². The van der Waals surface area contributed by atoms with E-state index in [4.69, 9.17) is 9.90 Å². The second-order valence-electron chi connectivity index (χ2n) is 8.50. The lowest BCUT2D eigenvalue weighted by molar-refractivity contribution is -0.192. The molecule has 0 radical (unpaired) electrons. The van der Waals surface area contributed by atoms with Gasteiger partial charge < -0.3 is 10.4 Å². The first-order valence-corrected chi connectivity index (χ1v) is 11.3. The lowest BCUT2D eigenvalue weighted by Gasteiger charge is -2.13. The molecule has 4 nitrogen and oxygen atoms in total. The Morgan fingerprint density at radius 1 is 0.914 bits per heavy atom. The van der Waals surface area contributed by atoms with E-state index >= 15 is 0 Å². The normalized spacial score (nSPS) is 14.8. The molecule has 2 N–H and O–H groups in total. The number of allylic oxidation sites excluding steroid dienone is 1. The summed E-state index contributed by atoms with van der Waals surface area (Å²) in [6.45, 7) is 0.910. The molecule has 35 heavy (non-hydrogen) atoms. The molecule has 5 rings (SSSR count). The molecule has 3 aromatic carbocycles. The minimum Gasteiger partial charge on any atom is -0.475 e. The molecule has 0 fully saturated rings. The lowest BCUT2D eigenvalue weighted by atomic mass is 10.00. The number of aliphatic carboxylic acids is 1. The highest BCUT2D eigenvalue weighted by Gasteiger charge is 2.38. The van der Waals surface area contributed by atoms with Crippen LogP contribution in [-0.4, -0.2) is 29.0 Å². The van der Waals surface area contributed by atoms with Crippen LogP contribution in [0.25, 0.3) is 11.1 Å². The summed E-state index contributed by atoms with van der Waals surface area (Å²) < 4.78 is 31.7. The van der Waals surface area contributed by atoms with Crippen LogP contribution in [0.2, 0.25) is 0 Å². The van der Waals surface area contributed by atoms with E-state index in [1.54, 1.807) is 0 Å². The van der Waals surface area contributed by atoms with Gasteiger partial charge in [-0.05, 0) is 52.3 Å². The number of alkyl halides is 3. The smallest absolute Gasteiger partial charge is 0.475 e. The number of halogens is 3. The van der Waals surface area contributed by atoms with Crippen LogP contribution in [-0.2, 0) is 24.2 Å². The summed E-state index contributed by atoms with van der Waals surface area (Å²) in [5.74, 6) is -2.76. The van der Waals surface area contributed by atoms with E-state index in [0.717, 1.165) is 31.5 Å². The van der Waals surface area contributed by atoms with E-state index < -0.39 is 12.1 Å². The third kappa shape index (κ3) is 6.45. The number of rotatable bonds is 5. The molecule has 0 saturated heterocycles. The van der Waals surface area contributed by atoms with E-state index in [1.807, 2.05) is 6.20 Å². The van der Waals surface area contributed by atoms with Crippen LogP contribution in [0.3, 0.4) is 0 Å². The van der Waals surface area contributed by atoms with Gasteiger partial charge >= 0.3 is 12.1 Å². The Morgan fingerprint density at radius 2 is 1.54 bits per heavy atom. The second-order valence-corrected chi connectivity index (χ2v) is 8.50. The first-order valence-electron chi connectivity index (χ1n) is 11.3. The molecular weight excluding hydrogens is 453 g/mol. The van der Waals surface area contributed by atoms with Crippen LogP contribution in [0, 0.1) is 0 Å². The molecule has 0 spiro atoms. The number of aliphatic imine (C=N–C) groups is 1. The van der Waals surface area contributed by atoms with Crippen LogP contribution in [0.15, 0.2) is 90.1 Å². The Labute approximate surface area is 201 Å². The molecule has 0 aromatic heterocycles. The third-order valence-electron chi connectivity index (χ3n) is 6.01. The molecule has 1 heterocycles. The Balaban J connectivity index is 0.000000364. The highest BCUT2D eigenvalue weighted by Crippen LogP contribution is 2.24. The summed E-state index contributed by atoms with van der Waals surface area (Å²) in [5.41, 5.74) is 9.22. The summed E-state index contributed by atoms with van der Waals surface area (Å²) in [7, 11) is 0. The largest absolute Gasteiger partial charge is 0.490 e. The Morgan fingerprint density at radius 3 is 2.11 bits per heavy atom. The van der Waals surface area contributed by atoms with Crippen molar-refractivity contribution in [3.63, 3.8) is 0 Å². The van der Waals surface area contributed by atoms with Crippen molar-refractivity contribution in [2.75, 3.05) is 0 Å². The average molecular weight is 479 g/mol. The molecule has 0 unspecified atom stereocenters. The van der Waals surface area contributed by atoms with Gasteiger partial charge in [-0.1, -0.05) is 72.8 Å². The second kappa shape index (κ2) is 10.7. The van der Waals surface area contributed by atoms with E-state index in [0.29, 0.717) is 6.04 Å². The zero-order chi connectivity index (χ0) is 24.8. The van der Waals surface area contributed by atoms with Gasteiger partial charge in [0, 0.05) is 25.2 Å². The van der Waals surface area contributed by atoms with E-state index in [-0.39, 0.29) is 0 Å². The molecule has 1 aliphatic carbocycles. The number of nitrogens with one attached hydrogen (secondary N) is 1. The lowest BCUT2D eigenvalue weighted by Crippen LogP contribution is -2.28. The molecule has 0 bridgehead atoms. The van der Waals surface area contributed by atoms with Crippen molar-refractivity contribution >= 4 is 11.7 Å². The number of carboxylic acid groups (broad SMARTS) is 1. The van der Waals surface area contributed by atoms with Gasteiger partial charge in [0.15, 0.2) is 0 Å². The Kier molecular flexibility index (Phi) is 7.46. The van der Waals surface area contributed by atoms with Gasteiger partial charge in [-0.3, -0.25) is 4.99 Å². The van der Waals surface area contributed by atoms with Gasteiger partial charge in [0.2, 0.25) is 0 Å². The predicted molar refractivity (Wildman–Crippen MR) is 130 cm³/mol. The molecule has 0 atom stereocenters. The van der Waals surface area contributed by atoms with E-state index in [9.17, 15) is 13.2 Å². The molecule has 0 amide bonds. The van der Waals surface area contributed by atoms with Gasteiger partial charge in [-0.25, -0.2) is 4.79 Å². The van der Waals surface area contributed by atoms with Gasteiger partial charge in [0.1, 0.15) is 0 Å². The molecule has 180 valence electrons. The minimum atomic E-state index is -5.08. The van der Waals surface area contributed by atoms with Crippen LogP contribution in [0.4, 0.5) is 13.2 Å². The van der Waals surface area contributed by atoms with Crippen molar-refractivity contribution in [3.05, 3.63) is 107 Å². The highest BCUT2D eigenvalue weighted by atomic mass is 19.4. The van der Waals surface area contributed by atoms with Crippen LogP contribution in [0.1, 0.15) is 28.7 Å². The Bertz CT molecular complexity index is 1220. The monoisotopic (exact) mass is 478 g/mol.